The molecule has 1 fully saturated rings. The minimum atomic E-state index is -0.899. The van der Waals surface area contributed by atoms with E-state index in [4.69, 9.17) is 4.74 Å². The number of carbonyl (C=O) groups excluding carboxylic acids is 2. The lowest BCUT2D eigenvalue weighted by atomic mass is 9.94. The number of phenols is 1. The molecule has 33 heavy (non-hydrogen) atoms. The smallest absolute Gasteiger partial charge is 0.300 e. The first-order valence-corrected chi connectivity index (χ1v) is 10.6. The van der Waals surface area contributed by atoms with E-state index in [2.05, 4.69) is 0 Å². The number of aromatic hydroxyl groups is 1. The van der Waals surface area contributed by atoms with E-state index in [-0.39, 0.29) is 17.1 Å². The third kappa shape index (κ3) is 3.47. The number of carbonyl (C=O) groups is 2. The lowest BCUT2D eigenvalue weighted by molar-refractivity contribution is -0.132. The fourth-order valence-electron chi connectivity index (χ4n) is 4.35. The first-order valence-electron chi connectivity index (χ1n) is 10.6. The van der Waals surface area contributed by atoms with Gasteiger partial charge >= 0.3 is 0 Å². The second kappa shape index (κ2) is 8.02. The Morgan fingerprint density at radius 1 is 1.00 bits per heavy atom. The van der Waals surface area contributed by atoms with Crippen LogP contribution >= 0.6 is 0 Å². The zero-order valence-corrected chi connectivity index (χ0v) is 17.9. The summed E-state index contributed by atoms with van der Waals surface area (Å²) in [7, 11) is 1.92. The maximum absolute atomic E-state index is 13.2. The quantitative estimate of drug-likeness (QED) is 0.364. The second-order valence-electron chi connectivity index (χ2n) is 8.05. The van der Waals surface area contributed by atoms with Crippen molar-refractivity contribution in [2.24, 2.45) is 0 Å². The monoisotopic (exact) mass is 442 g/mol. The van der Waals surface area contributed by atoms with Crippen LogP contribution in [0.2, 0.25) is 0 Å². The molecule has 0 aromatic heterocycles. The third-order valence-electron chi connectivity index (χ3n) is 5.99. The molecule has 5 rings (SSSR count). The van der Waals surface area contributed by atoms with Crippen LogP contribution < -0.4 is 14.5 Å². The summed E-state index contributed by atoms with van der Waals surface area (Å²) in [6, 6.07) is 19.4. The molecule has 0 spiro atoms. The number of hydrogen-bond acceptors (Lipinski definition) is 6. The molecule has 166 valence electrons. The van der Waals surface area contributed by atoms with Gasteiger partial charge in [-0.05, 0) is 48.0 Å². The number of phenolic OH excluding ortho intramolecular Hbond substituents is 1. The average Bonchev–Trinajstić information content (AvgIpc) is 3.10. The Morgan fingerprint density at radius 2 is 1.79 bits per heavy atom. The van der Waals surface area contributed by atoms with Crippen molar-refractivity contribution in [3.8, 4) is 11.5 Å². The first kappa shape index (κ1) is 20.6. The summed E-state index contributed by atoms with van der Waals surface area (Å²) in [6.45, 7) is 1.26. The predicted molar refractivity (Wildman–Crippen MR) is 125 cm³/mol. The molecule has 0 bridgehead atoms. The van der Waals surface area contributed by atoms with E-state index in [1.807, 2.05) is 18.0 Å². The van der Waals surface area contributed by atoms with Gasteiger partial charge in [-0.2, -0.15) is 0 Å². The zero-order valence-electron chi connectivity index (χ0n) is 17.9. The van der Waals surface area contributed by atoms with Crippen LogP contribution in [0.25, 0.3) is 5.76 Å². The summed E-state index contributed by atoms with van der Waals surface area (Å²) in [5, 5.41) is 21.4. The summed E-state index contributed by atoms with van der Waals surface area (Å²) in [4.78, 5) is 29.7. The Bertz CT molecular complexity index is 1280. The van der Waals surface area contributed by atoms with Gasteiger partial charge in [0.05, 0.1) is 23.8 Å². The number of rotatable bonds is 3. The second-order valence-corrected chi connectivity index (χ2v) is 8.05. The number of anilines is 2. The van der Waals surface area contributed by atoms with Crippen molar-refractivity contribution < 1.29 is 24.5 Å². The van der Waals surface area contributed by atoms with Gasteiger partial charge in [0, 0.05) is 18.3 Å². The van der Waals surface area contributed by atoms with Gasteiger partial charge in [0.15, 0.2) is 0 Å². The molecule has 2 N–H and O–H groups in total. The Morgan fingerprint density at radius 3 is 2.55 bits per heavy atom. The summed E-state index contributed by atoms with van der Waals surface area (Å²) in [5.41, 5.74) is 2.19. The van der Waals surface area contributed by atoms with Crippen LogP contribution in [0.1, 0.15) is 17.2 Å². The molecular formula is C26H22N2O5. The van der Waals surface area contributed by atoms with Gasteiger partial charge in [-0.3, -0.25) is 14.5 Å². The predicted octanol–water partition coefficient (Wildman–Crippen LogP) is 3.85. The summed E-state index contributed by atoms with van der Waals surface area (Å²) in [6.07, 6.45) is 0. The first-order chi connectivity index (χ1) is 16.0. The molecule has 2 heterocycles. The molecule has 1 saturated heterocycles. The SMILES string of the molecule is CN1CCOc2ccc(/C(O)=C3/C(=O)C(=O)N(c4ccccc4)C3c3cccc(O)c3)cc21. The Labute approximate surface area is 190 Å². The Hall–Kier alpha value is -4.26. The molecule has 3 aromatic rings. The lowest BCUT2D eigenvalue weighted by Gasteiger charge is -2.28. The van der Waals surface area contributed by atoms with Crippen molar-refractivity contribution in [1.82, 2.24) is 0 Å². The highest BCUT2D eigenvalue weighted by Crippen LogP contribution is 2.43. The normalized spacial score (nSPS) is 19.4. The number of aliphatic hydroxyl groups is 1. The van der Waals surface area contributed by atoms with E-state index >= 15 is 0 Å². The van der Waals surface area contributed by atoms with Crippen molar-refractivity contribution >= 4 is 28.8 Å². The van der Waals surface area contributed by atoms with Gasteiger partial charge in [0.2, 0.25) is 0 Å². The topological polar surface area (TPSA) is 90.3 Å². The Kier molecular flexibility index (Phi) is 5.01. The molecule has 0 aliphatic carbocycles. The minimum Gasteiger partial charge on any atom is -0.508 e. The van der Waals surface area contributed by atoms with E-state index in [0.717, 1.165) is 5.69 Å². The molecule has 2 aliphatic heterocycles. The number of likely N-dealkylation sites (N-methyl/N-ethyl adjacent to an activating group) is 1. The number of benzene rings is 3. The van der Waals surface area contributed by atoms with Gasteiger partial charge in [-0.25, -0.2) is 0 Å². The van der Waals surface area contributed by atoms with E-state index in [1.54, 1.807) is 54.6 Å². The van der Waals surface area contributed by atoms with Crippen LogP contribution in [-0.4, -0.2) is 42.1 Å². The Balaban J connectivity index is 1.70. The highest BCUT2D eigenvalue weighted by molar-refractivity contribution is 6.51. The van der Waals surface area contributed by atoms with Gasteiger partial charge in [-0.15, -0.1) is 0 Å². The standard InChI is InChI=1S/C26H22N2O5/c1-27-12-13-33-21-11-10-17(15-20(21)27)24(30)22-23(16-6-5-9-19(29)14-16)28(26(32)25(22)31)18-7-3-2-4-8-18/h2-11,14-15,23,29-30H,12-13H2,1H3/b24-22-. The van der Waals surface area contributed by atoms with Gasteiger partial charge in [0.1, 0.15) is 23.9 Å². The molecule has 1 amide bonds. The summed E-state index contributed by atoms with van der Waals surface area (Å²) >= 11 is 0. The van der Waals surface area contributed by atoms with Crippen molar-refractivity contribution in [3.05, 3.63) is 89.5 Å². The van der Waals surface area contributed by atoms with Crippen LogP contribution in [0, 0.1) is 0 Å². The summed E-state index contributed by atoms with van der Waals surface area (Å²) in [5.74, 6) is -1.11. The highest BCUT2D eigenvalue weighted by Gasteiger charge is 2.47. The molecule has 0 saturated carbocycles. The molecule has 7 heteroatoms. The number of Topliss-reactive ketones (excluding diaryl/α,β-unsaturated/α-hetero) is 1. The minimum absolute atomic E-state index is 0.00120. The van der Waals surface area contributed by atoms with Crippen LogP contribution in [0.4, 0.5) is 11.4 Å². The van der Waals surface area contributed by atoms with E-state index in [9.17, 15) is 19.8 Å². The van der Waals surface area contributed by atoms with E-state index in [0.29, 0.717) is 35.7 Å². The molecule has 0 radical (unpaired) electrons. The van der Waals surface area contributed by atoms with E-state index in [1.165, 1.54) is 17.0 Å². The molecule has 1 atom stereocenters. The van der Waals surface area contributed by atoms with Crippen molar-refractivity contribution in [2.45, 2.75) is 6.04 Å². The number of ketones is 1. The van der Waals surface area contributed by atoms with Gasteiger partial charge in [-0.1, -0.05) is 30.3 Å². The molecule has 2 aliphatic rings. The van der Waals surface area contributed by atoms with Crippen LogP contribution in [0.5, 0.6) is 11.5 Å². The maximum atomic E-state index is 13.2. The van der Waals surface area contributed by atoms with Crippen LogP contribution in [-0.2, 0) is 9.59 Å². The van der Waals surface area contributed by atoms with Crippen LogP contribution in [0.3, 0.4) is 0 Å². The van der Waals surface area contributed by atoms with E-state index < -0.39 is 17.7 Å². The highest BCUT2D eigenvalue weighted by atomic mass is 16.5. The number of hydrogen-bond donors (Lipinski definition) is 2. The van der Waals surface area contributed by atoms with Crippen molar-refractivity contribution in [1.29, 1.82) is 0 Å². The molecular weight excluding hydrogens is 420 g/mol. The largest absolute Gasteiger partial charge is 0.508 e. The number of ether oxygens (including phenoxy) is 1. The third-order valence-corrected chi connectivity index (χ3v) is 5.99. The number of nitrogens with zero attached hydrogens (tertiary/aromatic N) is 2. The molecule has 1 unspecified atom stereocenters. The van der Waals surface area contributed by atoms with Crippen LogP contribution in [0.15, 0.2) is 78.4 Å². The number of amides is 1. The van der Waals surface area contributed by atoms with Gasteiger partial charge < -0.3 is 19.8 Å². The summed E-state index contributed by atoms with van der Waals surface area (Å²) < 4.78 is 5.67. The number of fused-ring (bicyclic) bond motifs is 1. The number of para-hydroxylation sites is 1. The average molecular weight is 442 g/mol. The zero-order chi connectivity index (χ0) is 23.1. The lowest BCUT2D eigenvalue weighted by Crippen LogP contribution is -2.29. The molecule has 7 nitrogen and oxygen atoms in total. The fourth-order valence-corrected chi connectivity index (χ4v) is 4.35. The fraction of sp³-hybridized carbons (Fsp3) is 0.154. The van der Waals surface area contributed by atoms with Crippen molar-refractivity contribution in [2.75, 3.05) is 30.0 Å². The maximum Gasteiger partial charge on any atom is 0.300 e. The molecule has 3 aromatic carbocycles. The van der Waals surface area contributed by atoms with Gasteiger partial charge in [0.25, 0.3) is 11.7 Å². The number of aliphatic hydroxyl groups excluding tert-OH is 1. The van der Waals surface area contributed by atoms with Crippen molar-refractivity contribution in [3.63, 3.8) is 0 Å².